The van der Waals surface area contributed by atoms with E-state index < -0.39 is 5.97 Å². The fraction of sp³-hybridized carbons (Fsp3) is 0. The fourth-order valence-electron chi connectivity index (χ4n) is 1.92. The van der Waals surface area contributed by atoms with E-state index in [1.165, 1.54) is 0 Å². The van der Waals surface area contributed by atoms with E-state index in [0.717, 1.165) is 5.56 Å². The highest BCUT2D eigenvalue weighted by Crippen LogP contribution is 2.26. The number of ether oxygens (including phenoxy) is 1. The summed E-state index contributed by atoms with van der Waals surface area (Å²) in [4.78, 5) is 16.1. The Bertz CT molecular complexity index is 828. The summed E-state index contributed by atoms with van der Waals surface area (Å²) >= 11 is 17.7. The first-order valence-electron chi connectivity index (χ1n) is 6.26. The number of carbonyl (C=O) groups is 1. The van der Waals surface area contributed by atoms with Crippen molar-refractivity contribution in [3.63, 3.8) is 0 Å². The van der Waals surface area contributed by atoms with E-state index in [-0.39, 0.29) is 11.6 Å². The van der Waals surface area contributed by atoms with Gasteiger partial charge in [0.05, 0.1) is 10.0 Å². The molecule has 0 aromatic heterocycles. The molecule has 0 amide bonds. The molecule has 22 heavy (non-hydrogen) atoms. The number of rotatable bonds is 2. The van der Waals surface area contributed by atoms with Crippen molar-refractivity contribution in [2.24, 2.45) is 4.99 Å². The van der Waals surface area contributed by atoms with Crippen LogP contribution in [0.4, 0.5) is 0 Å². The zero-order chi connectivity index (χ0) is 15.7. The molecule has 0 N–H and O–H groups in total. The van der Waals surface area contributed by atoms with Gasteiger partial charge in [0.2, 0.25) is 5.90 Å². The molecule has 6 heteroatoms. The Morgan fingerprint density at radius 3 is 2.55 bits per heavy atom. The van der Waals surface area contributed by atoms with Crippen LogP contribution in [-0.2, 0) is 9.53 Å². The summed E-state index contributed by atoms with van der Waals surface area (Å²) in [7, 11) is 0. The molecule has 1 aliphatic rings. The number of benzene rings is 2. The smallest absolute Gasteiger partial charge is 0.363 e. The number of nitrogens with zero attached hydrogens (tertiary/aromatic N) is 1. The molecule has 0 unspecified atom stereocenters. The molecule has 1 aliphatic heterocycles. The van der Waals surface area contributed by atoms with Crippen LogP contribution in [0.25, 0.3) is 6.08 Å². The fourth-order valence-corrected chi connectivity index (χ4v) is 2.41. The number of cyclic esters (lactones) is 1. The molecule has 2 aromatic carbocycles. The monoisotopic (exact) mass is 351 g/mol. The van der Waals surface area contributed by atoms with Crippen molar-refractivity contribution in [2.75, 3.05) is 0 Å². The predicted octanol–water partition coefficient (Wildman–Crippen LogP) is 4.99. The number of carbonyl (C=O) groups excluding carboxylic acids is 1. The molecular formula is C16H8Cl3NO2. The van der Waals surface area contributed by atoms with Gasteiger partial charge in [0.25, 0.3) is 0 Å². The van der Waals surface area contributed by atoms with E-state index >= 15 is 0 Å². The van der Waals surface area contributed by atoms with Gasteiger partial charge in [-0.1, -0.05) is 46.9 Å². The molecule has 0 atom stereocenters. The van der Waals surface area contributed by atoms with Crippen molar-refractivity contribution in [1.29, 1.82) is 0 Å². The summed E-state index contributed by atoms with van der Waals surface area (Å²) in [5.41, 5.74) is 1.54. The lowest BCUT2D eigenvalue weighted by Crippen LogP contribution is -2.05. The summed E-state index contributed by atoms with van der Waals surface area (Å²) in [5.74, 6) is -0.335. The van der Waals surface area contributed by atoms with Crippen LogP contribution in [0.1, 0.15) is 11.1 Å². The normalized spacial score (nSPS) is 15.9. The van der Waals surface area contributed by atoms with Crippen LogP contribution >= 0.6 is 34.8 Å². The minimum absolute atomic E-state index is 0.192. The lowest BCUT2D eigenvalue weighted by Gasteiger charge is -2.01. The second-order valence-electron chi connectivity index (χ2n) is 4.52. The Morgan fingerprint density at radius 2 is 1.82 bits per heavy atom. The Morgan fingerprint density at radius 1 is 1.00 bits per heavy atom. The molecule has 0 saturated carbocycles. The van der Waals surface area contributed by atoms with E-state index in [4.69, 9.17) is 39.5 Å². The number of hydrogen-bond acceptors (Lipinski definition) is 3. The molecule has 0 fully saturated rings. The third kappa shape index (κ3) is 3.17. The van der Waals surface area contributed by atoms with Crippen molar-refractivity contribution in [2.45, 2.75) is 0 Å². The van der Waals surface area contributed by atoms with Gasteiger partial charge in [-0.3, -0.25) is 0 Å². The van der Waals surface area contributed by atoms with Gasteiger partial charge in [0.15, 0.2) is 5.70 Å². The zero-order valence-electron chi connectivity index (χ0n) is 11.0. The van der Waals surface area contributed by atoms with Crippen molar-refractivity contribution in [3.05, 3.63) is 74.4 Å². The van der Waals surface area contributed by atoms with Gasteiger partial charge >= 0.3 is 5.97 Å². The number of aliphatic imine (C=N–C) groups is 1. The van der Waals surface area contributed by atoms with Crippen molar-refractivity contribution < 1.29 is 9.53 Å². The van der Waals surface area contributed by atoms with Crippen LogP contribution in [0.15, 0.2) is 53.2 Å². The van der Waals surface area contributed by atoms with Crippen LogP contribution in [0.2, 0.25) is 15.1 Å². The van der Waals surface area contributed by atoms with Crippen LogP contribution in [0.5, 0.6) is 0 Å². The summed E-state index contributed by atoms with van der Waals surface area (Å²) < 4.78 is 5.17. The summed E-state index contributed by atoms with van der Waals surface area (Å²) in [6.07, 6.45) is 1.61. The molecule has 3 nitrogen and oxygen atoms in total. The first-order chi connectivity index (χ1) is 10.5. The minimum atomic E-state index is -0.527. The molecule has 0 saturated heterocycles. The highest BCUT2D eigenvalue weighted by Gasteiger charge is 2.24. The number of halogens is 3. The van der Waals surface area contributed by atoms with Gasteiger partial charge in [-0.05, 0) is 42.0 Å². The van der Waals surface area contributed by atoms with E-state index in [2.05, 4.69) is 4.99 Å². The van der Waals surface area contributed by atoms with Gasteiger partial charge < -0.3 is 4.74 Å². The van der Waals surface area contributed by atoms with Crippen LogP contribution in [0, 0.1) is 0 Å². The standard InChI is InChI=1S/C16H8Cl3NO2/c17-11-3-1-2-9(6-11)7-14-16(21)22-15(20-14)10-4-5-12(18)13(19)8-10/h1-8H. The van der Waals surface area contributed by atoms with E-state index in [1.807, 2.05) is 6.07 Å². The lowest BCUT2D eigenvalue weighted by molar-refractivity contribution is -0.129. The van der Waals surface area contributed by atoms with Crippen LogP contribution in [-0.4, -0.2) is 11.9 Å². The first kappa shape index (κ1) is 15.1. The molecule has 1 heterocycles. The third-order valence-corrected chi connectivity index (χ3v) is 3.91. The lowest BCUT2D eigenvalue weighted by atomic mass is 10.2. The number of esters is 1. The number of hydrogen-bond donors (Lipinski definition) is 0. The molecule has 0 bridgehead atoms. The highest BCUT2D eigenvalue weighted by molar-refractivity contribution is 6.42. The van der Waals surface area contributed by atoms with Gasteiger partial charge in [-0.25, -0.2) is 9.79 Å². The van der Waals surface area contributed by atoms with Crippen molar-refractivity contribution in [3.8, 4) is 0 Å². The molecule has 0 spiro atoms. The second-order valence-corrected chi connectivity index (χ2v) is 5.77. The van der Waals surface area contributed by atoms with Crippen LogP contribution < -0.4 is 0 Å². The Kier molecular flexibility index (Phi) is 4.21. The molecule has 0 radical (unpaired) electrons. The highest BCUT2D eigenvalue weighted by atomic mass is 35.5. The zero-order valence-corrected chi connectivity index (χ0v) is 13.3. The van der Waals surface area contributed by atoms with Gasteiger partial charge in [-0.2, -0.15) is 0 Å². The molecular weight excluding hydrogens is 345 g/mol. The van der Waals surface area contributed by atoms with E-state index in [9.17, 15) is 4.79 Å². The topological polar surface area (TPSA) is 38.7 Å². The maximum Gasteiger partial charge on any atom is 0.363 e. The van der Waals surface area contributed by atoms with E-state index in [0.29, 0.717) is 20.6 Å². The Labute approximate surface area is 141 Å². The quantitative estimate of drug-likeness (QED) is 0.564. The Balaban J connectivity index is 1.96. The first-order valence-corrected chi connectivity index (χ1v) is 7.40. The van der Waals surface area contributed by atoms with Gasteiger partial charge in [0, 0.05) is 10.6 Å². The summed E-state index contributed by atoms with van der Waals surface area (Å²) in [6, 6.07) is 12.0. The Hall–Kier alpha value is -1.81. The average Bonchev–Trinajstić information content (AvgIpc) is 2.83. The van der Waals surface area contributed by atoms with Gasteiger partial charge in [0.1, 0.15) is 0 Å². The summed E-state index contributed by atoms with van der Waals surface area (Å²) in [6.45, 7) is 0. The predicted molar refractivity (Wildman–Crippen MR) is 88.5 cm³/mol. The SMILES string of the molecule is O=C1OC(c2ccc(Cl)c(Cl)c2)=NC1=Cc1cccc(Cl)c1. The second kappa shape index (κ2) is 6.13. The van der Waals surface area contributed by atoms with Crippen LogP contribution in [0.3, 0.4) is 0 Å². The largest absolute Gasteiger partial charge is 0.402 e. The average molecular weight is 353 g/mol. The van der Waals surface area contributed by atoms with E-state index in [1.54, 1.807) is 42.5 Å². The molecule has 110 valence electrons. The minimum Gasteiger partial charge on any atom is -0.402 e. The molecule has 3 rings (SSSR count). The molecule has 2 aromatic rings. The van der Waals surface area contributed by atoms with Gasteiger partial charge in [-0.15, -0.1) is 0 Å². The molecule has 0 aliphatic carbocycles. The summed E-state index contributed by atoms with van der Waals surface area (Å²) in [5, 5.41) is 1.37. The maximum absolute atomic E-state index is 11.9. The van der Waals surface area contributed by atoms with Crippen molar-refractivity contribution >= 4 is 52.7 Å². The third-order valence-electron chi connectivity index (χ3n) is 2.94. The van der Waals surface area contributed by atoms with Crippen molar-refractivity contribution in [1.82, 2.24) is 0 Å². The maximum atomic E-state index is 11.9.